The van der Waals surface area contributed by atoms with Gasteiger partial charge in [-0.3, -0.25) is 0 Å². The highest BCUT2D eigenvalue weighted by molar-refractivity contribution is 5.57. The molecule has 0 amide bonds. The molecule has 0 aliphatic heterocycles. The molecule has 7 nitrogen and oxygen atoms in total. The molecule has 1 heterocycles. The lowest BCUT2D eigenvalue weighted by Crippen LogP contribution is -2.19. The van der Waals surface area contributed by atoms with Crippen LogP contribution in [-0.2, 0) is 0 Å². The maximum absolute atomic E-state index is 5.43. The SMILES string of the molecule is CCOc1ccc(Nc2nc(N(C)C)nc(N(C)C)n2)cc1. The summed E-state index contributed by atoms with van der Waals surface area (Å²) in [7, 11) is 7.59. The first-order valence-electron chi connectivity index (χ1n) is 7.10. The van der Waals surface area contributed by atoms with Gasteiger partial charge >= 0.3 is 0 Å². The topological polar surface area (TPSA) is 66.4 Å². The molecule has 0 bridgehead atoms. The fraction of sp³-hybridized carbons (Fsp3) is 0.400. The van der Waals surface area contributed by atoms with Crippen LogP contribution in [0.5, 0.6) is 5.75 Å². The molecule has 1 N–H and O–H groups in total. The highest BCUT2D eigenvalue weighted by atomic mass is 16.5. The average Bonchev–Trinajstić information content (AvgIpc) is 2.49. The molecule has 7 heteroatoms. The van der Waals surface area contributed by atoms with Gasteiger partial charge in [-0.2, -0.15) is 15.0 Å². The Morgan fingerprint density at radius 3 is 1.91 bits per heavy atom. The van der Waals surface area contributed by atoms with E-state index in [1.54, 1.807) is 0 Å². The van der Waals surface area contributed by atoms with Gasteiger partial charge in [-0.05, 0) is 31.2 Å². The summed E-state index contributed by atoms with van der Waals surface area (Å²) in [5.41, 5.74) is 0.893. The van der Waals surface area contributed by atoms with Gasteiger partial charge < -0.3 is 19.9 Å². The van der Waals surface area contributed by atoms with Gasteiger partial charge in [0.2, 0.25) is 17.8 Å². The van der Waals surface area contributed by atoms with E-state index in [0.717, 1.165) is 11.4 Å². The number of ether oxygens (including phenoxy) is 1. The lowest BCUT2D eigenvalue weighted by Gasteiger charge is -2.16. The molecule has 0 aliphatic rings. The van der Waals surface area contributed by atoms with E-state index in [1.807, 2.05) is 69.2 Å². The van der Waals surface area contributed by atoms with Crippen molar-refractivity contribution in [2.24, 2.45) is 0 Å². The molecule has 2 rings (SSSR count). The zero-order valence-electron chi connectivity index (χ0n) is 13.7. The van der Waals surface area contributed by atoms with Crippen molar-refractivity contribution in [1.29, 1.82) is 0 Å². The zero-order valence-corrected chi connectivity index (χ0v) is 13.7. The van der Waals surface area contributed by atoms with Crippen molar-refractivity contribution >= 4 is 23.5 Å². The third kappa shape index (κ3) is 3.97. The lowest BCUT2D eigenvalue weighted by molar-refractivity contribution is 0.340. The van der Waals surface area contributed by atoms with E-state index in [4.69, 9.17) is 4.74 Å². The molecular formula is C15H22N6O. The minimum absolute atomic E-state index is 0.506. The van der Waals surface area contributed by atoms with Crippen LogP contribution >= 0.6 is 0 Å². The number of anilines is 4. The Kier molecular flexibility index (Phi) is 4.98. The highest BCUT2D eigenvalue weighted by Gasteiger charge is 2.09. The molecule has 0 unspecified atom stereocenters. The van der Waals surface area contributed by atoms with E-state index in [2.05, 4.69) is 20.3 Å². The summed E-state index contributed by atoms with van der Waals surface area (Å²) in [6.07, 6.45) is 0. The summed E-state index contributed by atoms with van der Waals surface area (Å²) in [5.74, 6) is 2.55. The molecule has 0 aliphatic carbocycles. The second-order valence-electron chi connectivity index (χ2n) is 5.13. The maximum atomic E-state index is 5.43. The number of hydrogen-bond acceptors (Lipinski definition) is 7. The highest BCUT2D eigenvalue weighted by Crippen LogP contribution is 2.20. The Hall–Kier alpha value is -2.57. The molecule has 0 saturated heterocycles. The third-order valence-corrected chi connectivity index (χ3v) is 2.83. The predicted octanol–water partition coefficient (Wildman–Crippen LogP) is 2.15. The minimum Gasteiger partial charge on any atom is -0.494 e. The Bertz CT molecular complexity index is 586. The van der Waals surface area contributed by atoms with Crippen molar-refractivity contribution in [3.63, 3.8) is 0 Å². The van der Waals surface area contributed by atoms with E-state index in [0.29, 0.717) is 24.5 Å². The first-order valence-corrected chi connectivity index (χ1v) is 7.10. The monoisotopic (exact) mass is 302 g/mol. The van der Waals surface area contributed by atoms with E-state index >= 15 is 0 Å². The van der Waals surface area contributed by atoms with Crippen molar-refractivity contribution in [3.8, 4) is 5.75 Å². The summed E-state index contributed by atoms with van der Waals surface area (Å²) in [6.45, 7) is 2.61. The largest absolute Gasteiger partial charge is 0.494 e. The molecule has 1 aromatic carbocycles. The molecule has 22 heavy (non-hydrogen) atoms. The van der Waals surface area contributed by atoms with Gasteiger partial charge in [0.25, 0.3) is 0 Å². The van der Waals surface area contributed by atoms with Crippen LogP contribution in [-0.4, -0.2) is 49.7 Å². The van der Waals surface area contributed by atoms with E-state index in [-0.39, 0.29) is 0 Å². The van der Waals surface area contributed by atoms with Crippen molar-refractivity contribution in [1.82, 2.24) is 15.0 Å². The van der Waals surface area contributed by atoms with Crippen LogP contribution < -0.4 is 19.9 Å². The molecule has 118 valence electrons. The summed E-state index contributed by atoms with van der Waals surface area (Å²) < 4.78 is 5.43. The fourth-order valence-corrected chi connectivity index (χ4v) is 1.74. The van der Waals surface area contributed by atoms with Crippen molar-refractivity contribution in [2.45, 2.75) is 6.92 Å². The predicted molar refractivity (Wildman–Crippen MR) is 89.4 cm³/mol. The summed E-state index contributed by atoms with van der Waals surface area (Å²) >= 11 is 0. The minimum atomic E-state index is 0.506. The average molecular weight is 302 g/mol. The quantitative estimate of drug-likeness (QED) is 0.877. The molecule has 0 radical (unpaired) electrons. The zero-order chi connectivity index (χ0) is 16.1. The van der Waals surface area contributed by atoms with Gasteiger partial charge in [-0.1, -0.05) is 0 Å². The van der Waals surface area contributed by atoms with Gasteiger partial charge in [0.05, 0.1) is 6.61 Å². The van der Waals surface area contributed by atoms with E-state index in [9.17, 15) is 0 Å². The molecule has 1 aromatic heterocycles. The van der Waals surface area contributed by atoms with E-state index in [1.165, 1.54) is 0 Å². The smallest absolute Gasteiger partial charge is 0.233 e. The molecule has 0 spiro atoms. The fourth-order valence-electron chi connectivity index (χ4n) is 1.74. The molecule has 0 fully saturated rings. The van der Waals surface area contributed by atoms with Crippen LogP contribution in [0.3, 0.4) is 0 Å². The Labute approximate surface area is 131 Å². The Morgan fingerprint density at radius 1 is 0.909 bits per heavy atom. The third-order valence-electron chi connectivity index (χ3n) is 2.83. The number of nitrogens with zero attached hydrogens (tertiary/aromatic N) is 5. The van der Waals surface area contributed by atoms with Crippen LogP contribution in [0.15, 0.2) is 24.3 Å². The molecular weight excluding hydrogens is 280 g/mol. The van der Waals surface area contributed by atoms with Crippen LogP contribution in [0.1, 0.15) is 6.92 Å². The maximum Gasteiger partial charge on any atom is 0.233 e. The first-order chi connectivity index (χ1) is 10.5. The van der Waals surface area contributed by atoms with Crippen LogP contribution in [0.2, 0.25) is 0 Å². The normalized spacial score (nSPS) is 10.2. The van der Waals surface area contributed by atoms with Crippen LogP contribution in [0, 0.1) is 0 Å². The number of rotatable bonds is 6. The number of hydrogen-bond donors (Lipinski definition) is 1. The summed E-state index contributed by atoms with van der Waals surface area (Å²) in [5, 5.41) is 3.19. The van der Waals surface area contributed by atoms with Gasteiger partial charge in [-0.15, -0.1) is 0 Å². The lowest BCUT2D eigenvalue weighted by atomic mass is 10.3. The second kappa shape index (κ2) is 6.93. The molecule has 0 saturated carbocycles. The van der Waals surface area contributed by atoms with Crippen molar-refractivity contribution < 1.29 is 4.74 Å². The Balaban J connectivity index is 2.24. The molecule has 0 atom stereocenters. The summed E-state index contributed by atoms with van der Waals surface area (Å²) in [4.78, 5) is 16.9. The van der Waals surface area contributed by atoms with Gasteiger partial charge in [0.1, 0.15) is 5.75 Å². The van der Waals surface area contributed by atoms with Gasteiger partial charge in [0.15, 0.2) is 0 Å². The van der Waals surface area contributed by atoms with Crippen LogP contribution in [0.25, 0.3) is 0 Å². The second-order valence-corrected chi connectivity index (χ2v) is 5.13. The van der Waals surface area contributed by atoms with Gasteiger partial charge in [0, 0.05) is 33.9 Å². The number of aromatic nitrogens is 3. The van der Waals surface area contributed by atoms with Crippen molar-refractivity contribution in [2.75, 3.05) is 49.9 Å². The summed E-state index contributed by atoms with van der Waals surface area (Å²) in [6, 6.07) is 7.68. The Morgan fingerprint density at radius 2 is 1.45 bits per heavy atom. The van der Waals surface area contributed by atoms with Crippen molar-refractivity contribution in [3.05, 3.63) is 24.3 Å². The van der Waals surface area contributed by atoms with Gasteiger partial charge in [-0.25, -0.2) is 0 Å². The molecule has 2 aromatic rings. The number of benzene rings is 1. The first kappa shape index (κ1) is 15.8. The van der Waals surface area contributed by atoms with E-state index < -0.39 is 0 Å². The number of nitrogens with one attached hydrogen (secondary N) is 1. The standard InChI is InChI=1S/C15H22N6O/c1-6-22-12-9-7-11(8-10-12)16-13-17-14(20(2)3)19-15(18-13)21(4)5/h7-10H,6H2,1-5H3,(H,16,17,18,19). The van der Waals surface area contributed by atoms with Crippen LogP contribution in [0.4, 0.5) is 23.5 Å².